The van der Waals surface area contributed by atoms with Crippen molar-refractivity contribution >= 4 is 23.6 Å². The predicted molar refractivity (Wildman–Crippen MR) is 130 cm³/mol. The highest BCUT2D eigenvalue weighted by Crippen LogP contribution is 2.27. The summed E-state index contributed by atoms with van der Waals surface area (Å²) in [7, 11) is 0. The van der Waals surface area contributed by atoms with Gasteiger partial charge in [-0.15, -0.1) is 0 Å². The Bertz CT molecular complexity index is 728. The minimum atomic E-state index is -0.00683. The third-order valence-electron chi connectivity index (χ3n) is 6.01. The molecule has 0 radical (unpaired) electrons. The topological polar surface area (TPSA) is 66.0 Å². The standard InChI is InChI=1S/C24H38N4O2S/c1-4-25-24(26-17-19(3)30-22-8-6-5-7-18(22)2)27-21-11-9-20(10-12-21)23(29)28-13-15-31-16-14-28/h5-8,19-21H,4,9-17H2,1-3H3,(H2,25,26,27). The Morgan fingerprint density at radius 2 is 1.94 bits per heavy atom. The van der Waals surface area contributed by atoms with E-state index in [1.807, 2.05) is 30.0 Å². The molecule has 1 saturated carbocycles. The van der Waals surface area contributed by atoms with Crippen LogP contribution >= 0.6 is 11.8 Å². The summed E-state index contributed by atoms with van der Waals surface area (Å²) >= 11 is 1.95. The monoisotopic (exact) mass is 446 g/mol. The van der Waals surface area contributed by atoms with Crippen LogP contribution in [0.1, 0.15) is 45.1 Å². The van der Waals surface area contributed by atoms with Gasteiger partial charge in [-0.2, -0.15) is 11.8 Å². The predicted octanol–water partition coefficient (Wildman–Crippen LogP) is 3.45. The van der Waals surface area contributed by atoms with E-state index in [0.717, 1.165) is 74.1 Å². The van der Waals surface area contributed by atoms with Gasteiger partial charge in [0.1, 0.15) is 11.9 Å². The first kappa shape index (κ1) is 23.8. The summed E-state index contributed by atoms with van der Waals surface area (Å²) in [5.41, 5.74) is 1.14. The van der Waals surface area contributed by atoms with Crippen LogP contribution in [0.5, 0.6) is 5.75 Å². The molecule has 31 heavy (non-hydrogen) atoms. The number of rotatable bonds is 7. The van der Waals surface area contributed by atoms with Gasteiger partial charge in [0.05, 0.1) is 6.54 Å². The van der Waals surface area contributed by atoms with Gasteiger partial charge in [0.15, 0.2) is 5.96 Å². The van der Waals surface area contributed by atoms with E-state index >= 15 is 0 Å². The van der Waals surface area contributed by atoms with Crippen molar-refractivity contribution in [2.24, 2.45) is 10.9 Å². The van der Waals surface area contributed by atoms with Crippen molar-refractivity contribution in [3.8, 4) is 5.75 Å². The quantitative estimate of drug-likeness (QED) is 0.496. The molecule has 2 fully saturated rings. The highest BCUT2D eigenvalue weighted by atomic mass is 32.2. The van der Waals surface area contributed by atoms with Crippen molar-refractivity contribution in [2.45, 2.75) is 58.6 Å². The fourth-order valence-electron chi connectivity index (χ4n) is 4.20. The average Bonchev–Trinajstić information content (AvgIpc) is 2.80. The number of benzene rings is 1. The Hall–Kier alpha value is -1.89. The summed E-state index contributed by atoms with van der Waals surface area (Å²) in [6.45, 7) is 9.43. The molecule has 1 aromatic carbocycles. The molecule has 1 atom stereocenters. The molecule has 7 heteroatoms. The summed E-state index contributed by atoms with van der Waals surface area (Å²) in [5.74, 6) is 4.49. The first-order valence-corrected chi connectivity index (χ1v) is 12.9. The maximum Gasteiger partial charge on any atom is 0.225 e. The molecule has 2 N–H and O–H groups in total. The number of hydrogen-bond acceptors (Lipinski definition) is 4. The van der Waals surface area contributed by atoms with Crippen molar-refractivity contribution < 1.29 is 9.53 Å². The third kappa shape index (κ3) is 7.34. The molecule has 172 valence electrons. The number of amides is 1. The maximum absolute atomic E-state index is 12.8. The van der Waals surface area contributed by atoms with E-state index < -0.39 is 0 Å². The number of thioether (sulfide) groups is 1. The molecule has 1 unspecified atom stereocenters. The summed E-state index contributed by atoms with van der Waals surface area (Å²) in [6, 6.07) is 8.44. The molecule has 2 aliphatic rings. The number of ether oxygens (including phenoxy) is 1. The molecule has 1 aliphatic carbocycles. The Morgan fingerprint density at radius 3 is 2.61 bits per heavy atom. The molecule has 0 spiro atoms. The van der Waals surface area contributed by atoms with Crippen LogP contribution in [0.15, 0.2) is 29.3 Å². The lowest BCUT2D eigenvalue weighted by Crippen LogP contribution is -2.47. The highest BCUT2D eigenvalue weighted by Gasteiger charge is 2.30. The molecule has 3 rings (SSSR count). The van der Waals surface area contributed by atoms with Gasteiger partial charge in [0.25, 0.3) is 0 Å². The van der Waals surface area contributed by atoms with Gasteiger partial charge in [-0.3, -0.25) is 4.79 Å². The van der Waals surface area contributed by atoms with E-state index in [1.54, 1.807) is 0 Å². The smallest absolute Gasteiger partial charge is 0.225 e. The second-order valence-corrected chi connectivity index (χ2v) is 9.77. The Kier molecular flexibility index (Phi) is 9.37. The van der Waals surface area contributed by atoms with Gasteiger partial charge in [0.2, 0.25) is 5.91 Å². The molecule has 1 amide bonds. The van der Waals surface area contributed by atoms with Gasteiger partial charge >= 0.3 is 0 Å². The number of nitrogens with one attached hydrogen (secondary N) is 2. The van der Waals surface area contributed by atoms with Crippen LogP contribution in [-0.4, -0.2) is 66.6 Å². The van der Waals surface area contributed by atoms with Crippen LogP contribution in [0.4, 0.5) is 0 Å². The van der Waals surface area contributed by atoms with E-state index in [-0.39, 0.29) is 12.0 Å². The third-order valence-corrected chi connectivity index (χ3v) is 6.95. The highest BCUT2D eigenvalue weighted by molar-refractivity contribution is 7.99. The Balaban J connectivity index is 1.46. The Morgan fingerprint density at radius 1 is 1.23 bits per heavy atom. The largest absolute Gasteiger partial charge is 0.489 e. The van der Waals surface area contributed by atoms with Crippen LogP contribution in [0.25, 0.3) is 0 Å². The molecule has 1 heterocycles. The second kappa shape index (κ2) is 12.2. The second-order valence-electron chi connectivity index (χ2n) is 8.54. The number of aryl methyl sites for hydroxylation is 1. The van der Waals surface area contributed by atoms with Gasteiger partial charge in [-0.25, -0.2) is 4.99 Å². The van der Waals surface area contributed by atoms with Crippen molar-refractivity contribution in [1.29, 1.82) is 0 Å². The van der Waals surface area contributed by atoms with Crippen molar-refractivity contribution in [3.05, 3.63) is 29.8 Å². The molecule has 1 aliphatic heterocycles. The van der Waals surface area contributed by atoms with Crippen LogP contribution in [-0.2, 0) is 4.79 Å². The molecule has 0 aromatic heterocycles. The first-order chi connectivity index (χ1) is 15.1. The van der Waals surface area contributed by atoms with Crippen LogP contribution in [0.2, 0.25) is 0 Å². The number of carbonyl (C=O) groups excluding carboxylic acids is 1. The maximum atomic E-state index is 12.8. The molecule has 1 saturated heterocycles. The number of hydrogen-bond donors (Lipinski definition) is 2. The van der Waals surface area contributed by atoms with E-state index in [1.165, 1.54) is 0 Å². The summed E-state index contributed by atoms with van der Waals surface area (Å²) in [6.07, 6.45) is 3.95. The van der Waals surface area contributed by atoms with Gasteiger partial charge in [0, 0.05) is 43.1 Å². The number of nitrogens with zero attached hydrogens (tertiary/aromatic N) is 2. The van der Waals surface area contributed by atoms with E-state index in [9.17, 15) is 4.79 Å². The molecular weight excluding hydrogens is 408 g/mol. The van der Waals surface area contributed by atoms with E-state index in [0.29, 0.717) is 18.5 Å². The zero-order valence-electron chi connectivity index (χ0n) is 19.2. The van der Waals surface area contributed by atoms with Gasteiger partial charge < -0.3 is 20.3 Å². The lowest BCUT2D eigenvalue weighted by Gasteiger charge is -2.34. The fraction of sp³-hybridized carbons (Fsp3) is 0.667. The van der Waals surface area contributed by atoms with Crippen molar-refractivity contribution in [2.75, 3.05) is 37.7 Å². The van der Waals surface area contributed by atoms with Crippen molar-refractivity contribution in [3.63, 3.8) is 0 Å². The summed E-state index contributed by atoms with van der Waals surface area (Å²) in [4.78, 5) is 19.6. The molecule has 6 nitrogen and oxygen atoms in total. The van der Waals surface area contributed by atoms with Gasteiger partial charge in [-0.1, -0.05) is 18.2 Å². The molecule has 0 bridgehead atoms. The SMILES string of the molecule is CCNC(=NCC(C)Oc1ccccc1C)NC1CCC(C(=O)N2CCSCC2)CC1. The van der Waals surface area contributed by atoms with E-state index in [4.69, 9.17) is 9.73 Å². The summed E-state index contributed by atoms with van der Waals surface area (Å²) < 4.78 is 6.06. The number of guanidine groups is 1. The zero-order valence-corrected chi connectivity index (χ0v) is 20.0. The molecule has 1 aromatic rings. The lowest BCUT2D eigenvalue weighted by atomic mass is 9.85. The first-order valence-electron chi connectivity index (χ1n) is 11.7. The lowest BCUT2D eigenvalue weighted by molar-refractivity contribution is -0.136. The fourth-order valence-corrected chi connectivity index (χ4v) is 5.11. The van der Waals surface area contributed by atoms with Crippen molar-refractivity contribution in [1.82, 2.24) is 15.5 Å². The number of carbonyl (C=O) groups is 1. The number of aliphatic imine (C=N–C) groups is 1. The minimum Gasteiger partial charge on any atom is -0.489 e. The number of para-hydroxylation sites is 1. The minimum absolute atomic E-state index is 0.00683. The van der Waals surface area contributed by atoms with Crippen LogP contribution in [0.3, 0.4) is 0 Å². The zero-order chi connectivity index (χ0) is 22.1. The van der Waals surface area contributed by atoms with Gasteiger partial charge in [-0.05, 0) is 58.1 Å². The normalized spacial score (nSPS) is 23.2. The average molecular weight is 447 g/mol. The van der Waals surface area contributed by atoms with E-state index in [2.05, 4.69) is 42.4 Å². The van der Waals surface area contributed by atoms with Crippen LogP contribution < -0.4 is 15.4 Å². The summed E-state index contributed by atoms with van der Waals surface area (Å²) in [5, 5.41) is 6.93. The Labute approximate surface area is 191 Å². The molecular formula is C24H38N4O2S. The van der Waals surface area contributed by atoms with Crippen LogP contribution in [0, 0.1) is 12.8 Å².